The molecule has 5 nitrogen and oxygen atoms in total. The highest BCUT2D eigenvalue weighted by Gasteiger charge is 2.15. The molecule has 1 aromatic carbocycles. The van der Waals surface area contributed by atoms with Gasteiger partial charge in [0.2, 0.25) is 5.91 Å². The Morgan fingerprint density at radius 1 is 1.27 bits per heavy atom. The molecule has 7 heteroatoms. The number of carbonyl (C=O) groups excluding carboxylic acids is 1. The van der Waals surface area contributed by atoms with Crippen LogP contribution >= 0.6 is 23.4 Å². The second-order valence-electron chi connectivity index (χ2n) is 5.95. The lowest BCUT2D eigenvalue weighted by Crippen LogP contribution is -2.21. The Hall–Kier alpha value is -1.79. The number of aryl methyl sites for hydroxylation is 2. The van der Waals surface area contributed by atoms with Gasteiger partial charge in [-0.3, -0.25) is 9.59 Å². The van der Waals surface area contributed by atoms with E-state index in [0.29, 0.717) is 27.9 Å². The first-order chi connectivity index (χ1) is 12.4. The van der Waals surface area contributed by atoms with Crippen LogP contribution in [0.5, 0.6) is 0 Å². The lowest BCUT2D eigenvalue weighted by atomic mass is 10.0. The van der Waals surface area contributed by atoms with Gasteiger partial charge in [-0.1, -0.05) is 43.3 Å². The normalized spacial score (nSPS) is 10.8. The minimum atomic E-state index is -0.180. The van der Waals surface area contributed by atoms with Gasteiger partial charge < -0.3 is 10.3 Å². The molecule has 2 N–H and O–H groups in total. The van der Waals surface area contributed by atoms with Crippen molar-refractivity contribution in [3.05, 3.63) is 49.9 Å². The number of nitrogens with zero attached hydrogens (tertiary/aromatic N) is 1. The topological polar surface area (TPSA) is 74.8 Å². The van der Waals surface area contributed by atoms with Crippen molar-refractivity contribution in [2.45, 2.75) is 51.6 Å². The predicted molar refractivity (Wildman–Crippen MR) is 109 cm³/mol. The van der Waals surface area contributed by atoms with E-state index in [4.69, 9.17) is 11.6 Å². The first kappa shape index (κ1) is 20.5. The van der Waals surface area contributed by atoms with Crippen molar-refractivity contribution in [3.8, 4) is 0 Å². The summed E-state index contributed by atoms with van der Waals surface area (Å²) in [5.74, 6) is -0.135. The molecule has 0 fully saturated rings. The van der Waals surface area contributed by atoms with Crippen LogP contribution in [0.3, 0.4) is 0 Å². The van der Waals surface area contributed by atoms with E-state index in [9.17, 15) is 9.59 Å². The van der Waals surface area contributed by atoms with E-state index in [0.717, 1.165) is 29.7 Å². The Morgan fingerprint density at radius 3 is 2.58 bits per heavy atom. The summed E-state index contributed by atoms with van der Waals surface area (Å²) < 4.78 is 0. The van der Waals surface area contributed by atoms with Crippen molar-refractivity contribution in [1.82, 2.24) is 9.97 Å². The monoisotopic (exact) mass is 393 g/mol. The second-order valence-corrected chi connectivity index (χ2v) is 7.16. The summed E-state index contributed by atoms with van der Waals surface area (Å²) >= 11 is 7.66. The van der Waals surface area contributed by atoms with Crippen LogP contribution in [0.25, 0.3) is 0 Å². The van der Waals surface area contributed by atoms with Gasteiger partial charge in [-0.2, -0.15) is 0 Å². The summed E-state index contributed by atoms with van der Waals surface area (Å²) in [5.41, 5.74) is 3.83. The molecule has 26 heavy (non-hydrogen) atoms. The third kappa shape index (κ3) is 4.68. The Bertz CT molecular complexity index is 865. The largest absolute Gasteiger partial charge is 0.326 e. The summed E-state index contributed by atoms with van der Waals surface area (Å²) in [6, 6.07) is 3.81. The molecule has 2 aromatic rings. The number of nitrogens with one attached hydrogen (secondary N) is 2. The molecule has 0 aliphatic heterocycles. The number of H-pyrrole nitrogens is 1. The Labute approximate surface area is 163 Å². The van der Waals surface area contributed by atoms with Gasteiger partial charge >= 0.3 is 0 Å². The molecule has 0 spiro atoms. The van der Waals surface area contributed by atoms with Gasteiger partial charge in [0.25, 0.3) is 5.56 Å². The van der Waals surface area contributed by atoms with Crippen molar-refractivity contribution in [3.63, 3.8) is 0 Å². The third-order valence-electron chi connectivity index (χ3n) is 4.34. The number of hydrogen-bond donors (Lipinski definition) is 2. The molecular weight excluding hydrogens is 370 g/mol. The minimum absolute atomic E-state index is 0.135. The van der Waals surface area contributed by atoms with Gasteiger partial charge in [0.15, 0.2) is 5.16 Å². The predicted octanol–water partition coefficient (Wildman–Crippen LogP) is 4.15. The first-order valence-electron chi connectivity index (χ1n) is 8.65. The van der Waals surface area contributed by atoms with Crippen LogP contribution in [0.15, 0.2) is 22.1 Å². The fourth-order valence-corrected chi connectivity index (χ4v) is 3.60. The summed E-state index contributed by atoms with van der Waals surface area (Å²) in [5, 5.41) is 4.23. The number of benzene rings is 1. The molecule has 1 heterocycles. The number of amides is 1. The maximum atomic E-state index is 12.5. The molecule has 2 rings (SSSR count). The highest BCUT2D eigenvalue weighted by molar-refractivity contribution is 7.98. The molecular formula is C19H24ClN3O2S. The van der Waals surface area contributed by atoms with E-state index in [2.05, 4.69) is 15.3 Å². The Morgan fingerprint density at radius 2 is 2.00 bits per heavy atom. The van der Waals surface area contributed by atoms with Gasteiger partial charge in [-0.25, -0.2) is 4.98 Å². The van der Waals surface area contributed by atoms with Crippen LogP contribution in [-0.2, 0) is 24.1 Å². The highest BCUT2D eigenvalue weighted by atomic mass is 35.5. The van der Waals surface area contributed by atoms with Crippen LogP contribution in [0.1, 0.15) is 42.7 Å². The van der Waals surface area contributed by atoms with E-state index in [1.54, 1.807) is 6.92 Å². The van der Waals surface area contributed by atoms with Crippen molar-refractivity contribution in [2.24, 2.45) is 0 Å². The molecule has 0 saturated heterocycles. The first-order valence-corrected chi connectivity index (χ1v) is 10.2. The van der Waals surface area contributed by atoms with Crippen LogP contribution in [0, 0.1) is 6.92 Å². The van der Waals surface area contributed by atoms with Crippen molar-refractivity contribution in [2.75, 3.05) is 11.6 Å². The lowest BCUT2D eigenvalue weighted by molar-refractivity contribution is -0.116. The SMILES string of the molecule is CCc1ccc(Cl)c(CC)c1NC(=O)CCc1c(C)nc(SC)[nH]c1=O. The van der Waals surface area contributed by atoms with Gasteiger partial charge in [-0.05, 0) is 49.6 Å². The molecule has 0 aliphatic carbocycles. The van der Waals surface area contributed by atoms with Crippen molar-refractivity contribution < 1.29 is 4.79 Å². The fraction of sp³-hybridized carbons (Fsp3) is 0.421. The van der Waals surface area contributed by atoms with Gasteiger partial charge in [0.1, 0.15) is 0 Å². The van der Waals surface area contributed by atoms with E-state index in [-0.39, 0.29) is 17.9 Å². The Kier molecular flexibility index (Phi) is 7.29. The van der Waals surface area contributed by atoms with Crippen LogP contribution in [0.4, 0.5) is 5.69 Å². The van der Waals surface area contributed by atoms with Crippen molar-refractivity contribution in [1.29, 1.82) is 0 Å². The summed E-state index contributed by atoms with van der Waals surface area (Å²) in [7, 11) is 0. The number of anilines is 1. The quantitative estimate of drug-likeness (QED) is 0.547. The zero-order valence-corrected chi connectivity index (χ0v) is 17.1. The van der Waals surface area contributed by atoms with Gasteiger partial charge in [-0.15, -0.1) is 0 Å². The number of aromatic amines is 1. The molecule has 0 bridgehead atoms. The average Bonchev–Trinajstić information content (AvgIpc) is 2.61. The molecule has 0 unspecified atom stereocenters. The molecule has 0 radical (unpaired) electrons. The molecule has 1 amide bonds. The number of thioether (sulfide) groups is 1. The lowest BCUT2D eigenvalue weighted by Gasteiger charge is -2.16. The van der Waals surface area contributed by atoms with Gasteiger partial charge in [0.05, 0.1) is 0 Å². The zero-order chi connectivity index (χ0) is 19.3. The standard InChI is InChI=1S/C19H24ClN3O2S/c1-5-12-7-9-15(20)13(6-2)17(12)22-16(24)10-8-14-11(3)21-19(26-4)23-18(14)25/h7,9H,5-6,8,10H2,1-4H3,(H,22,24)(H,21,23,25). The number of carbonyl (C=O) groups is 1. The second kappa shape index (κ2) is 9.24. The molecule has 0 atom stereocenters. The van der Waals surface area contributed by atoms with Crippen LogP contribution in [-0.4, -0.2) is 22.1 Å². The molecule has 0 aliphatic rings. The van der Waals surface area contributed by atoms with E-state index in [1.165, 1.54) is 11.8 Å². The number of aromatic nitrogens is 2. The Balaban J connectivity index is 2.16. The van der Waals surface area contributed by atoms with Crippen LogP contribution in [0.2, 0.25) is 5.02 Å². The van der Waals surface area contributed by atoms with Crippen LogP contribution < -0.4 is 10.9 Å². The highest BCUT2D eigenvalue weighted by Crippen LogP contribution is 2.29. The van der Waals surface area contributed by atoms with E-state index >= 15 is 0 Å². The number of rotatable bonds is 7. The van der Waals surface area contributed by atoms with E-state index in [1.807, 2.05) is 32.2 Å². The average molecular weight is 394 g/mol. The third-order valence-corrected chi connectivity index (χ3v) is 5.27. The summed E-state index contributed by atoms with van der Waals surface area (Å²) in [6.07, 6.45) is 3.95. The number of hydrogen-bond acceptors (Lipinski definition) is 4. The summed E-state index contributed by atoms with van der Waals surface area (Å²) in [6.45, 7) is 5.85. The van der Waals surface area contributed by atoms with Gasteiger partial charge in [0, 0.05) is 28.4 Å². The summed E-state index contributed by atoms with van der Waals surface area (Å²) in [4.78, 5) is 31.7. The van der Waals surface area contributed by atoms with Crippen molar-refractivity contribution >= 4 is 35.0 Å². The number of halogens is 1. The zero-order valence-electron chi connectivity index (χ0n) is 15.5. The minimum Gasteiger partial charge on any atom is -0.326 e. The smallest absolute Gasteiger partial charge is 0.254 e. The maximum Gasteiger partial charge on any atom is 0.254 e. The maximum absolute atomic E-state index is 12.5. The van der Waals surface area contributed by atoms with E-state index < -0.39 is 0 Å². The molecule has 1 aromatic heterocycles. The molecule has 140 valence electrons. The fourth-order valence-electron chi connectivity index (χ4n) is 2.88. The molecule has 0 saturated carbocycles.